The van der Waals surface area contributed by atoms with Crippen LogP contribution in [0.3, 0.4) is 0 Å². The molecule has 0 radical (unpaired) electrons. The van der Waals surface area contributed by atoms with Crippen LogP contribution >= 0.6 is 0 Å². The highest BCUT2D eigenvalue weighted by Gasteiger charge is 2.33. The fourth-order valence-corrected chi connectivity index (χ4v) is 5.04. The van der Waals surface area contributed by atoms with E-state index in [4.69, 9.17) is 10.2 Å². The molecule has 0 amide bonds. The lowest BCUT2D eigenvalue weighted by Gasteiger charge is -2.24. The number of para-hydroxylation sites is 1. The van der Waals surface area contributed by atoms with E-state index in [-0.39, 0.29) is 11.8 Å². The van der Waals surface area contributed by atoms with Crippen molar-refractivity contribution in [2.75, 3.05) is 5.01 Å². The maximum atomic E-state index is 11.9. The number of aryl methyl sites for hydroxylation is 2. The summed E-state index contributed by atoms with van der Waals surface area (Å²) in [5.41, 5.74) is 10.3. The summed E-state index contributed by atoms with van der Waals surface area (Å²) in [7, 11) is 0. The quantitative estimate of drug-likeness (QED) is 0.220. The Morgan fingerprint density at radius 3 is 1.97 bits per heavy atom. The number of ketones is 1. The number of carbonyl (C=O) groups is 1. The van der Waals surface area contributed by atoms with Crippen LogP contribution in [0.15, 0.2) is 114 Å². The van der Waals surface area contributed by atoms with Crippen LogP contribution in [0.2, 0.25) is 0 Å². The number of Topliss-reactive ketones (excluding diaryl/α,β-unsaturated/α-hetero) is 1. The molecule has 4 aromatic carbocycles. The summed E-state index contributed by atoms with van der Waals surface area (Å²) in [6.45, 7) is 5.78. The topological polar surface area (TPSA) is 50.5 Å². The van der Waals surface area contributed by atoms with Crippen molar-refractivity contribution in [1.82, 2.24) is 9.78 Å². The summed E-state index contributed by atoms with van der Waals surface area (Å²) in [6, 6.07) is 34.9. The van der Waals surface area contributed by atoms with Crippen LogP contribution in [0.4, 0.5) is 5.69 Å². The minimum absolute atomic E-state index is 0.0502. The van der Waals surface area contributed by atoms with Gasteiger partial charge >= 0.3 is 0 Å². The van der Waals surface area contributed by atoms with Crippen molar-refractivity contribution in [1.29, 1.82) is 0 Å². The van der Waals surface area contributed by atoms with Gasteiger partial charge in [0.15, 0.2) is 5.78 Å². The Morgan fingerprint density at radius 2 is 1.36 bits per heavy atom. The molecule has 1 aliphatic rings. The lowest BCUT2D eigenvalue weighted by Crippen LogP contribution is -2.19. The van der Waals surface area contributed by atoms with Crippen LogP contribution < -0.4 is 5.01 Å². The first-order valence-electron chi connectivity index (χ1n) is 13.2. The highest BCUT2D eigenvalue weighted by molar-refractivity contribution is 6.03. The molecule has 2 heterocycles. The second kappa shape index (κ2) is 10.2. The molecule has 0 bridgehead atoms. The molecule has 0 saturated carbocycles. The van der Waals surface area contributed by atoms with Crippen LogP contribution in [0, 0.1) is 13.8 Å². The SMILES string of the molecule is CC(=O)c1ccc(N2N=C(c3ccc(C)cc3)CC2c2cn(-c3ccccc3)nc2-c2ccc(C)cc2)cc1. The highest BCUT2D eigenvalue weighted by Crippen LogP contribution is 2.41. The van der Waals surface area contributed by atoms with Crippen molar-refractivity contribution in [3.63, 3.8) is 0 Å². The van der Waals surface area contributed by atoms with E-state index in [1.54, 1.807) is 6.92 Å². The van der Waals surface area contributed by atoms with Gasteiger partial charge in [-0.15, -0.1) is 0 Å². The number of anilines is 1. The fraction of sp³-hybridized carbons (Fsp3) is 0.147. The Kier molecular flexibility index (Phi) is 6.41. The summed E-state index contributed by atoms with van der Waals surface area (Å²) >= 11 is 0. The zero-order valence-electron chi connectivity index (χ0n) is 22.4. The average Bonchev–Trinajstić information content (AvgIpc) is 3.60. The van der Waals surface area contributed by atoms with Gasteiger partial charge in [-0.05, 0) is 62.7 Å². The maximum absolute atomic E-state index is 11.9. The van der Waals surface area contributed by atoms with Gasteiger partial charge in [0.05, 0.1) is 28.8 Å². The Labute approximate surface area is 229 Å². The molecule has 0 spiro atoms. The fourth-order valence-electron chi connectivity index (χ4n) is 5.04. The standard InChI is InChI=1S/C34H30N4O/c1-23-9-13-27(14-10-23)32-21-33(38(35-32)30-19-17-26(18-20-30)25(3)39)31-22-37(29-7-5-4-6-8-29)36-34(31)28-15-11-24(2)12-16-28/h4-20,22,33H,21H2,1-3H3. The van der Waals surface area contributed by atoms with Crippen molar-refractivity contribution in [3.8, 4) is 16.9 Å². The van der Waals surface area contributed by atoms with E-state index in [0.717, 1.165) is 45.9 Å². The highest BCUT2D eigenvalue weighted by atomic mass is 16.1. The first-order chi connectivity index (χ1) is 19.0. The molecular weight excluding hydrogens is 480 g/mol. The number of aromatic nitrogens is 2. The van der Waals surface area contributed by atoms with Crippen molar-refractivity contribution in [2.45, 2.75) is 33.2 Å². The third-order valence-corrected chi connectivity index (χ3v) is 7.28. The molecule has 5 aromatic rings. The molecule has 1 atom stereocenters. The summed E-state index contributed by atoms with van der Waals surface area (Å²) < 4.78 is 1.96. The molecule has 5 nitrogen and oxygen atoms in total. The summed E-state index contributed by atoms with van der Waals surface area (Å²) in [6.07, 6.45) is 2.87. The zero-order chi connectivity index (χ0) is 26.9. The Hall–Kier alpha value is -4.77. The third-order valence-electron chi connectivity index (χ3n) is 7.28. The lowest BCUT2D eigenvalue weighted by atomic mass is 9.95. The van der Waals surface area contributed by atoms with E-state index in [0.29, 0.717) is 5.56 Å². The predicted molar refractivity (Wildman–Crippen MR) is 158 cm³/mol. The molecule has 0 fully saturated rings. The van der Waals surface area contributed by atoms with Crippen molar-refractivity contribution in [3.05, 3.63) is 137 Å². The molecule has 1 unspecified atom stereocenters. The van der Waals surface area contributed by atoms with Crippen LogP contribution in [0.5, 0.6) is 0 Å². The summed E-state index contributed by atoms with van der Waals surface area (Å²) in [5, 5.41) is 12.3. The van der Waals surface area contributed by atoms with Gasteiger partial charge in [-0.3, -0.25) is 9.80 Å². The van der Waals surface area contributed by atoms with Crippen molar-refractivity contribution >= 4 is 17.2 Å². The molecule has 1 aliphatic heterocycles. The number of nitrogens with zero attached hydrogens (tertiary/aromatic N) is 4. The van der Waals surface area contributed by atoms with Gasteiger partial charge < -0.3 is 0 Å². The van der Waals surface area contributed by atoms with Crippen molar-refractivity contribution < 1.29 is 4.79 Å². The van der Waals surface area contributed by atoms with Crippen LogP contribution in [0.25, 0.3) is 16.9 Å². The van der Waals surface area contributed by atoms with Crippen LogP contribution in [-0.4, -0.2) is 21.3 Å². The third kappa shape index (κ3) is 4.91. The smallest absolute Gasteiger partial charge is 0.159 e. The number of hydrazone groups is 1. The molecule has 192 valence electrons. The zero-order valence-corrected chi connectivity index (χ0v) is 22.4. The largest absolute Gasteiger partial charge is 0.295 e. The number of rotatable bonds is 6. The van der Waals surface area contributed by atoms with Gasteiger partial charge in [-0.2, -0.15) is 10.2 Å². The number of hydrogen-bond acceptors (Lipinski definition) is 4. The van der Waals surface area contributed by atoms with Gasteiger partial charge in [0, 0.05) is 29.3 Å². The Morgan fingerprint density at radius 1 is 0.744 bits per heavy atom. The second-order valence-electron chi connectivity index (χ2n) is 10.2. The van der Waals surface area contributed by atoms with Gasteiger partial charge in [0.2, 0.25) is 0 Å². The Bertz CT molecular complexity index is 1650. The van der Waals surface area contributed by atoms with Gasteiger partial charge in [-0.1, -0.05) is 77.9 Å². The van der Waals surface area contributed by atoms with Crippen LogP contribution in [-0.2, 0) is 0 Å². The minimum atomic E-state index is -0.0711. The molecule has 0 aliphatic carbocycles. The van der Waals surface area contributed by atoms with E-state index >= 15 is 0 Å². The lowest BCUT2D eigenvalue weighted by molar-refractivity contribution is 0.101. The predicted octanol–water partition coefficient (Wildman–Crippen LogP) is 7.71. The molecule has 0 N–H and O–H groups in total. The van der Waals surface area contributed by atoms with Gasteiger partial charge in [0.25, 0.3) is 0 Å². The van der Waals surface area contributed by atoms with E-state index in [9.17, 15) is 4.79 Å². The number of benzene rings is 4. The minimum Gasteiger partial charge on any atom is -0.295 e. The van der Waals surface area contributed by atoms with E-state index in [1.165, 1.54) is 11.1 Å². The van der Waals surface area contributed by atoms with E-state index in [1.807, 2.05) is 47.1 Å². The first kappa shape index (κ1) is 24.6. The molecule has 6 rings (SSSR count). The second-order valence-corrected chi connectivity index (χ2v) is 10.2. The molecule has 39 heavy (non-hydrogen) atoms. The van der Waals surface area contributed by atoms with E-state index in [2.05, 4.69) is 85.7 Å². The van der Waals surface area contributed by atoms with Gasteiger partial charge in [0.1, 0.15) is 0 Å². The van der Waals surface area contributed by atoms with E-state index < -0.39 is 0 Å². The average molecular weight is 511 g/mol. The van der Waals surface area contributed by atoms with Gasteiger partial charge in [-0.25, -0.2) is 4.68 Å². The maximum Gasteiger partial charge on any atom is 0.159 e. The summed E-state index contributed by atoms with van der Waals surface area (Å²) in [4.78, 5) is 11.9. The summed E-state index contributed by atoms with van der Waals surface area (Å²) in [5.74, 6) is 0.0502. The molecule has 5 heteroatoms. The Balaban J connectivity index is 1.49. The molecular formula is C34H30N4O. The number of hydrogen-bond donors (Lipinski definition) is 0. The number of carbonyl (C=O) groups excluding carboxylic acids is 1. The van der Waals surface area contributed by atoms with Crippen molar-refractivity contribution in [2.24, 2.45) is 5.10 Å². The molecule has 1 aromatic heterocycles. The van der Waals surface area contributed by atoms with Crippen LogP contribution in [0.1, 0.15) is 52.0 Å². The molecule has 0 saturated heterocycles. The normalized spacial score (nSPS) is 14.9. The monoisotopic (exact) mass is 510 g/mol. The first-order valence-corrected chi connectivity index (χ1v) is 13.2.